The molecule has 2 atom stereocenters. The number of allylic oxidation sites excluding steroid dienone is 1. The van der Waals surface area contributed by atoms with E-state index in [9.17, 15) is 4.79 Å². The van der Waals surface area contributed by atoms with Crippen molar-refractivity contribution >= 4 is 29.2 Å². The first kappa shape index (κ1) is 19.6. The van der Waals surface area contributed by atoms with Crippen LogP contribution >= 0.6 is 23.2 Å². The number of benzene rings is 1. The van der Waals surface area contributed by atoms with Gasteiger partial charge in [-0.25, -0.2) is 4.79 Å². The van der Waals surface area contributed by atoms with Crippen LogP contribution in [0.4, 0.5) is 4.79 Å². The van der Waals surface area contributed by atoms with Gasteiger partial charge >= 0.3 is 6.03 Å². The highest BCUT2D eigenvalue weighted by molar-refractivity contribution is 6.35. The number of urea groups is 1. The molecular formula is C21H28Cl2N2O. The highest BCUT2D eigenvalue weighted by atomic mass is 35.5. The van der Waals surface area contributed by atoms with Crippen molar-refractivity contribution in [3.05, 3.63) is 45.5 Å². The summed E-state index contributed by atoms with van der Waals surface area (Å²) in [5.41, 5.74) is 2.81. The molecule has 0 spiro atoms. The first-order valence-electron chi connectivity index (χ1n) is 9.48. The van der Waals surface area contributed by atoms with Crippen molar-refractivity contribution in [3.63, 3.8) is 0 Å². The van der Waals surface area contributed by atoms with Crippen molar-refractivity contribution in [2.45, 2.75) is 40.0 Å². The van der Waals surface area contributed by atoms with Gasteiger partial charge in [-0.3, -0.25) is 0 Å². The van der Waals surface area contributed by atoms with Gasteiger partial charge in [-0.05, 0) is 61.1 Å². The zero-order valence-electron chi connectivity index (χ0n) is 15.8. The Labute approximate surface area is 166 Å². The molecule has 3 nitrogen and oxygen atoms in total. The van der Waals surface area contributed by atoms with Gasteiger partial charge in [-0.1, -0.05) is 54.8 Å². The van der Waals surface area contributed by atoms with Gasteiger partial charge < -0.3 is 10.2 Å². The number of nitrogens with zero attached hydrogens (tertiary/aromatic N) is 1. The van der Waals surface area contributed by atoms with Crippen LogP contribution in [-0.4, -0.2) is 30.6 Å². The number of hydrogen-bond acceptors (Lipinski definition) is 1. The lowest BCUT2D eigenvalue weighted by atomic mass is 9.49. The zero-order chi connectivity index (χ0) is 18.9. The molecule has 1 aromatic rings. The molecule has 4 rings (SSSR count). The average molecular weight is 395 g/mol. The fourth-order valence-corrected chi connectivity index (χ4v) is 4.87. The van der Waals surface area contributed by atoms with E-state index in [-0.39, 0.29) is 6.03 Å². The predicted molar refractivity (Wildman–Crippen MR) is 109 cm³/mol. The van der Waals surface area contributed by atoms with E-state index in [1.54, 1.807) is 6.07 Å². The van der Waals surface area contributed by atoms with E-state index in [0.717, 1.165) is 24.3 Å². The maximum absolute atomic E-state index is 12.6. The third kappa shape index (κ3) is 3.89. The van der Waals surface area contributed by atoms with Crippen LogP contribution in [0.3, 0.4) is 0 Å². The second-order valence-corrected chi connectivity index (χ2v) is 8.91. The Bertz CT molecular complexity index is 714. The van der Waals surface area contributed by atoms with Crippen LogP contribution in [-0.2, 0) is 6.42 Å². The van der Waals surface area contributed by atoms with E-state index in [4.69, 9.17) is 23.2 Å². The van der Waals surface area contributed by atoms with Gasteiger partial charge in [0.15, 0.2) is 0 Å². The van der Waals surface area contributed by atoms with Crippen molar-refractivity contribution in [2.24, 2.45) is 17.3 Å². The molecule has 0 aromatic heterocycles. The van der Waals surface area contributed by atoms with E-state index in [1.807, 2.05) is 24.0 Å². The summed E-state index contributed by atoms with van der Waals surface area (Å²) in [6.07, 6.45) is 5.50. The van der Waals surface area contributed by atoms with Gasteiger partial charge in [0.25, 0.3) is 0 Å². The van der Waals surface area contributed by atoms with Gasteiger partial charge in [-0.15, -0.1) is 0 Å². The quantitative estimate of drug-likeness (QED) is 0.629. The first-order chi connectivity index (χ1) is 12.3. The molecule has 1 N–H and O–H groups in total. The molecule has 2 amide bonds. The van der Waals surface area contributed by atoms with Crippen LogP contribution in [0.15, 0.2) is 29.8 Å². The third-order valence-corrected chi connectivity index (χ3v) is 6.82. The van der Waals surface area contributed by atoms with Crippen LogP contribution in [0.5, 0.6) is 0 Å². The van der Waals surface area contributed by atoms with Gasteiger partial charge in [-0.2, -0.15) is 0 Å². The Balaban J connectivity index is 1.69. The van der Waals surface area contributed by atoms with E-state index in [0.29, 0.717) is 41.0 Å². The molecule has 5 heteroatoms. The molecule has 3 aliphatic carbocycles. The van der Waals surface area contributed by atoms with Gasteiger partial charge in [0.1, 0.15) is 0 Å². The van der Waals surface area contributed by atoms with Gasteiger partial charge in [0, 0.05) is 29.7 Å². The zero-order valence-corrected chi connectivity index (χ0v) is 17.3. The average Bonchev–Trinajstić information content (AvgIpc) is 2.60. The van der Waals surface area contributed by atoms with Crippen molar-refractivity contribution in [1.82, 2.24) is 10.2 Å². The van der Waals surface area contributed by atoms with Crippen LogP contribution in [0.1, 0.15) is 39.2 Å². The predicted octanol–water partition coefficient (Wildman–Crippen LogP) is 5.56. The number of carbonyl (C=O) groups is 1. The van der Waals surface area contributed by atoms with Crippen LogP contribution < -0.4 is 5.32 Å². The number of carbonyl (C=O) groups excluding carboxylic acids is 1. The first-order valence-corrected chi connectivity index (χ1v) is 10.2. The molecule has 2 unspecified atom stereocenters. The summed E-state index contributed by atoms with van der Waals surface area (Å²) in [6, 6.07) is 5.55. The van der Waals surface area contributed by atoms with Crippen LogP contribution in [0.25, 0.3) is 0 Å². The Hall–Kier alpha value is -1.19. The summed E-state index contributed by atoms with van der Waals surface area (Å²) in [4.78, 5) is 14.5. The molecule has 2 bridgehead atoms. The van der Waals surface area contributed by atoms with Crippen LogP contribution in [0, 0.1) is 17.3 Å². The number of amides is 2. The number of halogens is 2. The highest BCUT2D eigenvalue weighted by Crippen LogP contribution is 2.59. The summed E-state index contributed by atoms with van der Waals surface area (Å²) < 4.78 is 0. The minimum Gasteiger partial charge on any atom is -0.338 e. The molecule has 1 aromatic carbocycles. The summed E-state index contributed by atoms with van der Waals surface area (Å²) in [7, 11) is 0. The normalized spacial score (nSPS) is 23.0. The van der Waals surface area contributed by atoms with Crippen molar-refractivity contribution in [1.29, 1.82) is 0 Å². The largest absolute Gasteiger partial charge is 0.338 e. The van der Waals surface area contributed by atoms with Crippen molar-refractivity contribution < 1.29 is 4.79 Å². The number of hydrogen-bond donors (Lipinski definition) is 1. The van der Waals surface area contributed by atoms with Crippen LogP contribution in [0.2, 0.25) is 10.0 Å². The molecule has 3 aliphatic rings. The molecule has 26 heavy (non-hydrogen) atoms. The third-order valence-electron chi connectivity index (χ3n) is 6.24. The van der Waals surface area contributed by atoms with Crippen molar-refractivity contribution in [2.75, 3.05) is 19.6 Å². The molecule has 1 saturated carbocycles. The van der Waals surface area contributed by atoms with E-state index < -0.39 is 0 Å². The molecular weight excluding hydrogens is 367 g/mol. The standard InChI is InChI=1S/C21H28Cl2N2O/c1-4-24-20(26)25(10-9-14-6-8-17(22)12-19(14)23)13-15-5-7-16-11-18(15)21(16,2)3/h5-6,8,12,16,18H,4,7,9-11,13H2,1-3H3,(H,24,26). The highest BCUT2D eigenvalue weighted by Gasteiger charge is 2.51. The minimum absolute atomic E-state index is 0.00209. The molecule has 0 heterocycles. The summed E-state index contributed by atoms with van der Waals surface area (Å²) >= 11 is 12.3. The lowest BCUT2D eigenvalue weighted by Crippen LogP contribution is -2.51. The summed E-state index contributed by atoms with van der Waals surface area (Å²) in [5, 5.41) is 4.24. The molecule has 0 radical (unpaired) electrons. The second kappa shape index (κ2) is 7.82. The molecule has 142 valence electrons. The SMILES string of the molecule is CCNC(=O)N(CCc1ccc(Cl)cc1Cl)CC1=CCC2CC1C2(C)C. The minimum atomic E-state index is -0.00209. The summed E-state index contributed by atoms with van der Waals surface area (Å²) in [5.74, 6) is 1.42. The smallest absolute Gasteiger partial charge is 0.317 e. The fourth-order valence-electron chi connectivity index (χ4n) is 4.37. The monoisotopic (exact) mass is 394 g/mol. The Morgan fingerprint density at radius 1 is 1.35 bits per heavy atom. The molecule has 0 saturated heterocycles. The van der Waals surface area contributed by atoms with E-state index >= 15 is 0 Å². The maximum Gasteiger partial charge on any atom is 0.317 e. The maximum atomic E-state index is 12.6. The van der Waals surface area contributed by atoms with Gasteiger partial charge in [0.05, 0.1) is 0 Å². The topological polar surface area (TPSA) is 32.3 Å². The summed E-state index contributed by atoms with van der Waals surface area (Å²) in [6.45, 7) is 8.66. The lowest BCUT2D eigenvalue weighted by molar-refractivity contribution is -0.00961. The Morgan fingerprint density at radius 3 is 2.73 bits per heavy atom. The van der Waals surface area contributed by atoms with E-state index in [2.05, 4.69) is 25.2 Å². The lowest BCUT2D eigenvalue weighted by Gasteiger charge is -2.57. The van der Waals surface area contributed by atoms with Crippen molar-refractivity contribution in [3.8, 4) is 0 Å². The molecule has 0 aliphatic heterocycles. The van der Waals surface area contributed by atoms with Gasteiger partial charge in [0.2, 0.25) is 0 Å². The molecule has 1 fully saturated rings. The van der Waals surface area contributed by atoms with E-state index in [1.165, 1.54) is 12.0 Å². The number of rotatable bonds is 6. The number of nitrogens with one attached hydrogen (secondary N) is 1. The number of fused-ring (bicyclic) bond motifs is 1. The Kier molecular flexibility index (Phi) is 5.88. The second-order valence-electron chi connectivity index (χ2n) is 8.06. The fraction of sp³-hybridized carbons (Fsp3) is 0.571. The Morgan fingerprint density at radius 2 is 2.12 bits per heavy atom.